The lowest BCUT2D eigenvalue weighted by Gasteiger charge is -2.16. The van der Waals surface area contributed by atoms with Gasteiger partial charge in [0.05, 0.1) is 0 Å². The Hall–Kier alpha value is -2.15. The van der Waals surface area contributed by atoms with E-state index in [1.165, 1.54) is 56.1 Å². The van der Waals surface area contributed by atoms with Crippen molar-refractivity contribution in [3.05, 3.63) is 35.4 Å². The molecule has 7 heteroatoms. The number of nitrogen functional groups attached to an aromatic ring is 1. The van der Waals surface area contributed by atoms with Crippen molar-refractivity contribution in [2.75, 3.05) is 5.73 Å². The second kappa shape index (κ2) is 8.03. The number of hydrogen-bond acceptors (Lipinski definition) is 6. The molecule has 1 aliphatic carbocycles. The summed E-state index contributed by atoms with van der Waals surface area (Å²) in [4.78, 5) is 8.46. The minimum atomic E-state index is 0.237. The molecular weight excluding hydrogens is 344 g/mol. The molecule has 0 aliphatic heterocycles. The molecule has 2 aromatic heterocycles. The second-order valence-corrected chi connectivity index (χ2v) is 7.97. The van der Waals surface area contributed by atoms with Crippen LogP contribution in [0.5, 0.6) is 0 Å². The smallest absolute Gasteiger partial charge is 0.223 e. The van der Waals surface area contributed by atoms with Crippen LogP contribution < -0.4 is 5.73 Å². The first-order valence-electron chi connectivity index (χ1n) is 9.33. The predicted octanol–water partition coefficient (Wildman–Crippen LogP) is 4.14. The molecule has 0 spiro atoms. The first-order chi connectivity index (χ1) is 12.8. The van der Waals surface area contributed by atoms with Crippen LogP contribution >= 0.6 is 11.8 Å². The number of anilines is 1. The quantitative estimate of drug-likeness (QED) is 0.399. The van der Waals surface area contributed by atoms with Crippen molar-refractivity contribution in [3.63, 3.8) is 0 Å². The number of H-pyrrole nitrogens is 1. The number of nitrogens with one attached hydrogen (secondary N) is 1. The first-order valence-corrected chi connectivity index (χ1v) is 10.3. The maximum Gasteiger partial charge on any atom is 0.223 e. The number of fused-ring (bicyclic) bond motifs is 1. The van der Waals surface area contributed by atoms with Gasteiger partial charge in [0, 0.05) is 5.75 Å². The highest BCUT2D eigenvalue weighted by atomic mass is 32.2. The summed E-state index contributed by atoms with van der Waals surface area (Å²) in [5.74, 6) is 1.91. The molecule has 3 N–H and O–H groups in total. The van der Waals surface area contributed by atoms with E-state index in [4.69, 9.17) is 5.73 Å². The summed E-state index contributed by atoms with van der Waals surface area (Å²) in [5.41, 5.74) is 9.84. The number of thioether (sulfide) groups is 1. The maximum absolute atomic E-state index is 5.80. The Kier molecular flexibility index (Phi) is 5.34. The molecule has 6 nitrogen and oxygen atoms in total. The molecule has 26 heavy (non-hydrogen) atoms. The van der Waals surface area contributed by atoms with E-state index in [1.54, 1.807) is 11.8 Å². The Bertz CT molecular complexity index is 869. The summed E-state index contributed by atoms with van der Waals surface area (Å²) < 4.78 is 0. The average molecular weight is 369 g/mol. The van der Waals surface area contributed by atoms with Gasteiger partial charge >= 0.3 is 0 Å². The fraction of sp³-hybridized carbons (Fsp3) is 0.474. The summed E-state index contributed by atoms with van der Waals surface area (Å²) >= 11 is 1.65. The Morgan fingerprint density at radius 2 is 1.77 bits per heavy atom. The van der Waals surface area contributed by atoms with E-state index >= 15 is 0 Å². The number of aromatic amines is 1. The normalized spacial score (nSPS) is 16.0. The van der Waals surface area contributed by atoms with Crippen LogP contribution in [0.4, 0.5) is 5.95 Å². The lowest BCUT2D eigenvalue weighted by Crippen LogP contribution is -2.05. The fourth-order valence-corrected chi connectivity index (χ4v) is 4.77. The van der Waals surface area contributed by atoms with Gasteiger partial charge in [-0.3, -0.25) is 0 Å². The molecule has 1 saturated carbocycles. The third-order valence-electron chi connectivity index (χ3n) is 5.13. The number of rotatable bonds is 5. The zero-order valence-corrected chi connectivity index (χ0v) is 15.6. The van der Waals surface area contributed by atoms with Crippen LogP contribution in [0.3, 0.4) is 0 Å². The summed E-state index contributed by atoms with van der Waals surface area (Å²) in [7, 11) is 0. The van der Waals surface area contributed by atoms with Crippen LogP contribution in [-0.2, 0) is 12.2 Å². The van der Waals surface area contributed by atoms with Crippen LogP contribution in [-0.4, -0.2) is 25.4 Å². The molecule has 1 aliphatic rings. The van der Waals surface area contributed by atoms with E-state index < -0.39 is 0 Å². The molecule has 0 radical (unpaired) electrons. The topological polar surface area (TPSA) is 93.4 Å². The lowest BCUT2D eigenvalue weighted by molar-refractivity contribution is 0.457. The number of aromatic nitrogens is 5. The van der Waals surface area contributed by atoms with Crippen molar-refractivity contribution in [1.82, 2.24) is 25.4 Å². The third kappa shape index (κ3) is 3.98. The number of nitrogens with zero attached hydrogens (tertiary/aromatic N) is 4. The molecule has 4 rings (SSSR count). The number of hydrogen-bond donors (Lipinski definition) is 2. The SMILES string of the molecule is Nc1nc(SCc2ccccc2CC2CCCCCC2)c2n[nH]nc2n1. The fourth-order valence-electron chi connectivity index (χ4n) is 3.76. The molecule has 0 unspecified atom stereocenters. The van der Waals surface area contributed by atoms with Gasteiger partial charge in [0.1, 0.15) is 5.03 Å². The Morgan fingerprint density at radius 1 is 1.00 bits per heavy atom. The van der Waals surface area contributed by atoms with Gasteiger partial charge < -0.3 is 5.73 Å². The van der Waals surface area contributed by atoms with Crippen LogP contribution in [0.1, 0.15) is 49.7 Å². The monoisotopic (exact) mass is 368 g/mol. The molecule has 0 amide bonds. The van der Waals surface area contributed by atoms with Crippen molar-refractivity contribution >= 4 is 28.9 Å². The van der Waals surface area contributed by atoms with E-state index in [-0.39, 0.29) is 5.95 Å². The number of nitrogens with two attached hydrogens (primary N) is 1. The van der Waals surface area contributed by atoms with Gasteiger partial charge in [-0.05, 0) is 23.5 Å². The molecule has 136 valence electrons. The molecule has 1 fully saturated rings. The Balaban J connectivity index is 1.50. The van der Waals surface area contributed by atoms with Gasteiger partial charge in [0.15, 0.2) is 5.52 Å². The average Bonchev–Trinajstić information content (AvgIpc) is 2.96. The van der Waals surface area contributed by atoms with Crippen molar-refractivity contribution in [1.29, 1.82) is 0 Å². The third-order valence-corrected chi connectivity index (χ3v) is 6.15. The highest BCUT2D eigenvalue weighted by Gasteiger charge is 2.16. The standard InChI is InChI=1S/C19H24N6S/c20-19-21-17-16(23-25-24-17)18(22-19)26-12-15-10-6-5-9-14(15)11-13-7-3-1-2-4-8-13/h5-6,9-10,13H,1-4,7-8,11-12H2,(H3,20,21,22,23,24,25). The maximum atomic E-state index is 5.80. The summed E-state index contributed by atoms with van der Waals surface area (Å²) in [5, 5.41) is 11.6. The molecule has 1 aromatic carbocycles. The van der Waals surface area contributed by atoms with Crippen molar-refractivity contribution in [3.8, 4) is 0 Å². The van der Waals surface area contributed by atoms with Crippen LogP contribution in [0.2, 0.25) is 0 Å². The van der Waals surface area contributed by atoms with E-state index in [0.29, 0.717) is 11.2 Å². The van der Waals surface area contributed by atoms with Gasteiger partial charge in [-0.25, -0.2) is 4.98 Å². The van der Waals surface area contributed by atoms with Crippen LogP contribution in [0.15, 0.2) is 29.3 Å². The molecule has 0 atom stereocenters. The van der Waals surface area contributed by atoms with Gasteiger partial charge in [0.25, 0.3) is 0 Å². The van der Waals surface area contributed by atoms with E-state index in [9.17, 15) is 0 Å². The van der Waals surface area contributed by atoms with Crippen LogP contribution in [0.25, 0.3) is 11.2 Å². The van der Waals surface area contributed by atoms with E-state index in [1.807, 2.05) is 0 Å². The number of benzene rings is 1. The summed E-state index contributed by atoms with van der Waals surface area (Å²) in [6.07, 6.45) is 9.47. The highest BCUT2D eigenvalue weighted by Crippen LogP contribution is 2.31. The van der Waals surface area contributed by atoms with Crippen molar-refractivity contribution < 1.29 is 0 Å². The molecule has 2 heterocycles. The minimum Gasteiger partial charge on any atom is -0.368 e. The van der Waals surface area contributed by atoms with Gasteiger partial charge in [0.2, 0.25) is 11.6 Å². The van der Waals surface area contributed by atoms with E-state index in [0.717, 1.165) is 16.7 Å². The van der Waals surface area contributed by atoms with Crippen LogP contribution in [0, 0.1) is 5.92 Å². The first kappa shape index (κ1) is 17.3. The molecule has 3 aromatic rings. The van der Waals surface area contributed by atoms with Gasteiger partial charge in [-0.15, -0.1) is 5.10 Å². The Labute approximate surface area is 157 Å². The summed E-state index contributed by atoms with van der Waals surface area (Å²) in [6.45, 7) is 0. The van der Waals surface area contributed by atoms with Crippen molar-refractivity contribution in [2.24, 2.45) is 5.92 Å². The van der Waals surface area contributed by atoms with E-state index in [2.05, 4.69) is 49.6 Å². The minimum absolute atomic E-state index is 0.237. The molecular formula is C19H24N6S. The second-order valence-electron chi connectivity index (χ2n) is 7.00. The predicted molar refractivity (Wildman–Crippen MR) is 105 cm³/mol. The zero-order valence-electron chi connectivity index (χ0n) is 14.8. The van der Waals surface area contributed by atoms with Crippen molar-refractivity contribution in [2.45, 2.75) is 55.7 Å². The lowest BCUT2D eigenvalue weighted by atomic mass is 9.90. The van der Waals surface area contributed by atoms with Gasteiger partial charge in [-0.2, -0.15) is 15.3 Å². The highest BCUT2D eigenvalue weighted by molar-refractivity contribution is 7.98. The molecule has 0 saturated heterocycles. The van der Waals surface area contributed by atoms with Gasteiger partial charge in [-0.1, -0.05) is 74.6 Å². The largest absolute Gasteiger partial charge is 0.368 e. The summed E-state index contributed by atoms with van der Waals surface area (Å²) in [6, 6.07) is 8.77. The molecule has 0 bridgehead atoms. The zero-order chi connectivity index (χ0) is 17.8. The Morgan fingerprint density at radius 3 is 2.58 bits per heavy atom.